The molecule has 0 spiro atoms. The highest BCUT2D eigenvalue weighted by atomic mass is 16.5. The number of amides is 1. The Bertz CT molecular complexity index is 469. The molecule has 2 N–H and O–H groups in total. The van der Waals surface area contributed by atoms with Crippen molar-refractivity contribution in [2.75, 3.05) is 17.2 Å². The number of carbonyl (C=O) groups excluding carboxylic acids is 1. The first-order valence-electron chi connectivity index (χ1n) is 6.36. The van der Waals surface area contributed by atoms with E-state index in [1.165, 1.54) is 0 Å². The quantitative estimate of drug-likeness (QED) is 0.836. The Kier molecular flexibility index (Phi) is 3.20. The molecule has 4 nitrogen and oxygen atoms in total. The summed E-state index contributed by atoms with van der Waals surface area (Å²) in [6, 6.07) is 5.43. The summed E-state index contributed by atoms with van der Waals surface area (Å²) in [5.74, 6) is 0.721. The van der Waals surface area contributed by atoms with Crippen molar-refractivity contribution in [3.63, 3.8) is 0 Å². The number of unbranched alkanes of at least 4 members (excludes halogenated alkanes) is 1. The monoisotopic (exact) mass is 248 g/mol. The molecule has 0 atom stereocenters. The van der Waals surface area contributed by atoms with Gasteiger partial charge in [0.2, 0.25) is 0 Å². The van der Waals surface area contributed by atoms with Gasteiger partial charge in [0.05, 0.1) is 5.69 Å². The van der Waals surface area contributed by atoms with Crippen LogP contribution in [0.4, 0.5) is 11.4 Å². The number of nitrogen functional groups attached to an aromatic ring is 1. The van der Waals surface area contributed by atoms with Gasteiger partial charge in [0.15, 0.2) is 5.60 Å². The molecule has 1 aliphatic rings. The first-order chi connectivity index (χ1) is 8.45. The first-order valence-corrected chi connectivity index (χ1v) is 6.36. The van der Waals surface area contributed by atoms with E-state index in [0.717, 1.165) is 24.3 Å². The van der Waals surface area contributed by atoms with Gasteiger partial charge in [0.25, 0.3) is 5.91 Å². The number of hydrogen-bond acceptors (Lipinski definition) is 3. The summed E-state index contributed by atoms with van der Waals surface area (Å²) in [7, 11) is 0. The SMILES string of the molecule is CCCCN1C(=O)C(C)(C)Oc2ccc(N)cc21. The number of benzene rings is 1. The van der Waals surface area contributed by atoms with E-state index in [1.807, 2.05) is 6.07 Å². The van der Waals surface area contributed by atoms with Crippen molar-refractivity contribution in [3.8, 4) is 5.75 Å². The Morgan fingerprint density at radius 2 is 2.11 bits per heavy atom. The Hall–Kier alpha value is -1.71. The molecular formula is C14H20N2O2. The Labute approximate surface area is 108 Å². The molecule has 1 aromatic rings. The summed E-state index contributed by atoms with van der Waals surface area (Å²) in [6.07, 6.45) is 2.01. The summed E-state index contributed by atoms with van der Waals surface area (Å²) in [6.45, 7) is 6.41. The van der Waals surface area contributed by atoms with Gasteiger partial charge >= 0.3 is 0 Å². The second kappa shape index (κ2) is 4.52. The van der Waals surface area contributed by atoms with Gasteiger partial charge in [-0.3, -0.25) is 4.79 Å². The molecule has 0 saturated carbocycles. The number of rotatable bonds is 3. The van der Waals surface area contributed by atoms with Crippen molar-refractivity contribution >= 4 is 17.3 Å². The van der Waals surface area contributed by atoms with Crippen molar-refractivity contribution in [1.29, 1.82) is 0 Å². The van der Waals surface area contributed by atoms with Crippen LogP contribution in [0.5, 0.6) is 5.75 Å². The third-order valence-electron chi connectivity index (χ3n) is 3.13. The molecule has 1 heterocycles. The molecule has 0 bridgehead atoms. The maximum Gasteiger partial charge on any atom is 0.270 e. The van der Waals surface area contributed by atoms with Crippen LogP contribution >= 0.6 is 0 Å². The molecule has 4 heteroatoms. The van der Waals surface area contributed by atoms with Crippen molar-refractivity contribution in [3.05, 3.63) is 18.2 Å². The lowest BCUT2D eigenvalue weighted by Crippen LogP contribution is -2.52. The van der Waals surface area contributed by atoms with E-state index < -0.39 is 5.60 Å². The fraction of sp³-hybridized carbons (Fsp3) is 0.500. The molecule has 2 rings (SSSR count). The predicted octanol–water partition coefficient (Wildman–Crippen LogP) is 2.57. The van der Waals surface area contributed by atoms with Gasteiger partial charge in [-0.25, -0.2) is 0 Å². The minimum atomic E-state index is -0.809. The van der Waals surface area contributed by atoms with Gasteiger partial charge < -0.3 is 15.4 Å². The lowest BCUT2D eigenvalue weighted by Gasteiger charge is -2.38. The first kappa shape index (κ1) is 12.7. The summed E-state index contributed by atoms with van der Waals surface area (Å²) < 4.78 is 5.75. The number of hydrogen-bond donors (Lipinski definition) is 1. The van der Waals surface area contributed by atoms with Crippen molar-refractivity contribution in [2.45, 2.75) is 39.2 Å². The lowest BCUT2D eigenvalue weighted by atomic mass is 10.0. The smallest absolute Gasteiger partial charge is 0.270 e. The molecule has 1 aromatic carbocycles. The normalized spacial score (nSPS) is 17.3. The lowest BCUT2D eigenvalue weighted by molar-refractivity contribution is -0.132. The Morgan fingerprint density at radius 1 is 1.39 bits per heavy atom. The fourth-order valence-corrected chi connectivity index (χ4v) is 2.12. The Balaban J connectivity index is 2.43. The van der Waals surface area contributed by atoms with E-state index in [-0.39, 0.29) is 5.91 Å². The minimum absolute atomic E-state index is 0.00551. The highest BCUT2D eigenvalue weighted by molar-refractivity contribution is 6.02. The molecular weight excluding hydrogens is 228 g/mol. The number of nitrogens with two attached hydrogens (primary N) is 1. The molecule has 0 fully saturated rings. The van der Waals surface area contributed by atoms with E-state index >= 15 is 0 Å². The van der Waals surface area contributed by atoms with Crippen molar-refractivity contribution in [2.24, 2.45) is 0 Å². The maximum atomic E-state index is 12.4. The van der Waals surface area contributed by atoms with E-state index in [0.29, 0.717) is 12.2 Å². The zero-order chi connectivity index (χ0) is 13.3. The van der Waals surface area contributed by atoms with E-state index in [2.05, 4.69) is 6.92 Å². The van der Waals surface area contributed by atoms with Crippen LogP contribution in [-0.4, -0.2) is 18.1 Å². The number of anilines is 2. The van der Waals surface area contributed by atoms with Gasteiger partial charge in [0.1, 0.15) is 5.75 Å². The van der Waals surface area contributed by atoms with Crippen molar-refractivity contribution in [1.82, 2.24) is 0 Å². The molecule has 1 aliphatic heterocycles. The van der Waals surface area contributed by atoms with E-state index in [9.17, 15) is 4.79 Å². The van der Waals surface area contributed by atoms with Crippen molar-refractivity contribution < 1.29 is 9.53 Å². The number of nitrogens with zero attached hydrogens (tertiary/aromatic N) is 1. The molecule has 1 amide bonds. The van der Waals surface area contributed by atoms with Crippen LogP contribution in [0.3, 0.4) is 0 Å². The zero-order valence-corrected chi connectivity index (χ0v) is 11.2. The zero-order valence-electron chi connectivity index (χ0n) is 11.2. The fourth-order valence-electron chi connectivity index (χ4n) is 2.12. The predicted molar refractivity (Wildman–Crippen MR) is 72.8 cm³/mol. The summed E-state index contributed by atoms with van der Waals surface area (Å²) in [4.78, 5) is 14.2. The van der Waals surface area contributed by atoms with Crippen LogP contribution in [0, 0.1) is 0 Å². The van der Waals surface area contributed by atoms with Crippen LogP contribution in [0.15, 0.2) is 18.2 Å². The van der Waals surface area contributed by atoms with Crippen LogP contribution in [0.25, 0.3) is 0 Å². The van der Waals surface area contributed by atoms with Gasteiger partial charge in [-0.2, -0.15) is 0 Å². The summed E-state index contributed by atoms with van der Waals surface area (Å²) in [5, 5.41) is 0. The molecule has 18 heavy (non-hydrogen) atoms. The highest BCUT2D eigenvalue weighted by Crippen LogP contribution is 2.38. The maximum absolute atomic E-state index is 12.4. The highest BCUT2D eigenvalue weighted by Gasteiger charge is 2.40. The number of ether oxygens (including phenoxy) is 1. The molecule has 98 valence electrons. The topological polar surface area (TPSA) is 55.6 Å². The largest absolute Gasteiger partial charge is 0.476 e. The molecule has 0 aromatic heterocycles. The Morgan fingerprint density at radius 3 is 2.78 bits per heavy atom. The average Bonchev–Trinajstić information content (AvgIpc) is 2.31. The standard InChI is InChI=1S/C14H20N2O2/c1-4-5-8-16-11-9-10(15)6-7-12(11)18-14(2,3)13(16)17/h6-7,9H,4-5,8,15H2,1-3H3. The van der Waals surface area contributed by atoms with E-state index in [4.69, 9.17) is 10.5 Å². The summed E-state index contributed by atoms with van der Waals surface area (Å²) >= 11 is 0. The minimum Gasteiger partial charge on any atom is -0.476 e. The van der Waals surface area contributed by atoms with E-state index in [1.54, 1.807) is 30.9 Å². The van der Waals surface area contributed by atoms with Crippen LogP contribution in [0.2, 0.25) is 0 Å². The molecule has 0 unspecified atom stereocenters. The number of fused-ring (bicyclic) bond motifs is 1. The second-order valence-corrected chi connectivity index (χ2v) is 5.15. The average molecular weight is 248 g/mol. The van der Waals surface area contributed by atoms with Crippen LogP contribution in [-0.2, 0) is 4.79 Å². The molecule has 0 saturated heterocycles. The van der Waals surface area contributed by atoms with Crippen LogP contribution in [0.1, 0.15) is 33.6 Å². The van der Waals surface area contributed by atoms with Gasteiger partial charge in [-0.15, -0.1) is 0 Å². The van der Waals surface area contributed by atoms with Gasteiger partial charge in [0, 0.05) is 12.2 Å². The third kappa shape index (κ3) is 2.15. The van der Waals surface area contributed by atoms with Gasteiger partial charge in [-0.1, -0.05) is 13.3 Å². The summed E-state index contributed by atoms with van der Waals surface area (Å²) in [5.41, 5.74) is 6.41. The third-order valence-corrected chi connectivity index (χ3v) is 3.13. The number of carbonyl (C=O) groups is 1. The molecule has 0 radical (unpaired) electrons. The van der Waals surface area contributed by atoms with Crippen LogP contribution < -0.4 is 15.4 Å². The van der Waals surface area contributed by atoms with Gasteiger partial charge in [-0.05, 0) is 38.5 Å². The second-order valence-electron chi connectivity index (χ2n) is 5.15. The molecule has 0 aliphatic carbocycles.